The smallest absolute Gasteiger partial charge is 0.276 e. The highest BCUT2D eigenvalue weighted by atomic mass is 35.5. The van der Waals surface area contributed by atoms with Crippen molar-refractivity contribution in [1.82, 2.24) is 16.2 Å². The molecule has 130 valence electrons. The molecule has 0 aliphatic heterocycles. The summed E-state index contributed by atoms with van der Waals surface area (Å²) in [6.45, 7) is -0.211. The second-order valence-electron chi connectivity index (χ2n) is 4.72. The number of nitrogens with one attached hydrogen (secondary N) is 3. The van der Waals surface area contributed by atoms with E-state index in [1.807, 2.05) is 6.07 Å². The molecule has 0 aliphatic rings. The second kappa shape index (κ2) is 9.22. The molecular weight excluding hydrogens is 385 g/mol. The molecule has 0 saturated carbocycles. The predicted molar refractivity (Wildman–Crippen MR) is 99.7 cm³/mol. The van der Waals surface area contributed by atoms with Crippen molar-refractivity contribution in [1.29, 1.82) is 0 Å². The molecule has 0 aromatic heterocycles. The summed E-state index contributed by atoms with van der Waals surface area (Å²) in [7, 11) is 0. The molecule has 0 radical (unpaired) electrons. The van der Waals surface area contributed by atoms with E-state index in [4.69, 9.17) is 40.2 Å². The van der Waals surface area contributed by atoms with Gasteiger partial charge in [0.2, 0.25) is 0 Å². The van der Waals surface area contributed by atoms with Gasteiger partial charge in [-0.2, -0.15) is 0 Å². The summed E-state index contributed by atoms with van der Waals surface area (Å²) in [5.41, 5.74) is 4.95. The zero-order valence-electron chi connectivity index (χ0n) is 12.7. The summed E-state index contributed by atoms with van der Waals surface area (Å²) in [4.78, 5) is 23.7. The van der Waals surface area contributed by atoms with E-state index >= 15 is 0 Å². The topological polar surface area (TPSA) is 79.5 Å². The molecule has 0 heterocycles. The summed E-state index contributed by atoms with van der Waals surface area (Å²) >= 11 is 16.6. The number of amides is 2. The molecule has 2 aromatic carbocycles. The Morgan fingerprint density at radius 3 is 2.28 bits per heavy atom. The fourth-order valence-electron chi connectivity index (χ4n) is 1.72. The lowest BCUT2D eigenvalue weighted by molar-refractivity contribution is -0.123. The fraction of sp³-hybridized carbons (Fsp3) is 0.0625. The van der Waals surface area contributed by atoms with E-state index in [0.717, 1.165) is 0 Å². The Kier molecular flexibility index (Phi) is 7.00. The van der Waals surface area contributed by atoms with Crippen molar-refractivity contribution < 1.29 is 14.3 Å². The van der Waals surface area contributed by atoms with Crippen LogP contribution in [0.4, 0.5) is 0 Å². The van der Waals surface area contributed by atoms with Crippen molar-refractivity contribution in [3.8, 4) is 5.75 Å². The first-order valence-corrected chi connectivity index (χ1v) is 8.14. The van der Waals surface area contributed by atoms with Crippen LogP contribution in [-0.2, 0) is 4.79 Å². The van der Waals surface area contributed by atoms with Crippen molar-refractivity contribution in [2.45, 2.75) is 0 Å². The molecule has 6 nitrogen and oxygen atoms in total. The van der Waals surface area contributed by atoms with E-state index in [-0.39, 0.29) is 17.3 Å². The highest BCUT2D eigenvalue weighted by Gasteiger charge is 2.10. The molecule has 0 bridgehead atoms. The van der Waals surface area contributed by atoms with Gasteiger partial charge in [0.15, 0.2) is 11.7 Å². The van der Waals surface area contributed by atoms with E-state index in [1.54, 1.807) is 24.3 Å². The molecule has 0 saturated heterocycles. The largest absolute Gasteiger partial charge is 0.484 e. The van der Waals surface area contributed by atoms with Gasteiger partial charge in [-0.3, -0.25) is 25.8 Å². The fourth-order valence-corrected chi connectivity index (χ4v) is 2.39. The Hall–Kier alpha value is -2.35. The molecule has 3 N–H and O–H groups in total. The van der Waals surface area contributed by atoms with Crippen molar-refractivity contribution >= 4 is 52.3 Å². The van der Waals surface area contributed by atoms with Gasteiger partial charge in [0.05, 0.1) is 0 Å². The summed E-state index contributed by atoms with van der Waals surface area (Å²) in [6.07, 6.45) is 0. The zero-order valence-corrected chi connectivity index (χ0v) is 15.0. The third kappa shape index (κ3) is 6.58. The number of benzene rings is 2. The average Bonchev–Trinajstić information content (AvgIpc) is 2.58. The first kappa shape index (κ1) is 19.0. The van der Waals surface area contributed by atoms with Gasteiger partial charge in [0, 0.05) is 15.6 Å². The number of ether oxygens (including phenoxy) is 1. The van der Waals surface area contributed by atoms with Crippen LogP contribution in [0.25, 0.3) is 0 Å². The number of halogens is 2. The van der Waals surface area contributed by atoms with E-state index < -0.39 is 11.8 Å². The van der Waals surface area contributed by atoms with Crippen molar-refractivity contribution in [2.75, 3.05) is 6.61 Å². The number of hydrogen-bond acceptors (Lipinski definition) is 4. The van der Waals surface area contributed by atoms with Crippen LogP contribution in [0.2, 0.25) is 10.0 Å². The molecule has 0 aliphatic carbocycles. The zero-order chi connectivity index (χ0) is 18.2. The van der Waals surface area contributed by atoms with Crippen LogP contribution in [0.15, 0.2) is 48.5 Å². The van der Waals surface area contributed by atoms with Crippen molar-refractivity contribution in [2.24, 2.45) is 0 Å². The van der Waals surface area contributed by atoms with Gasteiger partial charge in [0.1, 0.15) is 5.75 Å². The molecule has 2 rings (SSSR count). The summed E-state index contributed by atoms with van der Waals surface area (Å²) < 4.78 is 5.26. The summed E-state index contributed by atoms with van der Waals surface area (Å²) in [5, 5.41) is 2.94. The van der Waals surface area contributed by atoms with E-state index in [2.05, 4.69) is 16.2 Å². The number of para-hydroxylation sites is 1. The number of carbonyl (C=O) groups excluding carboxylic acids is 2. The molecule has 2 amide bonds. The van der Waals surface area contributed by atoms with Crippen LogP contribution in [0.3, 0.4) is 0 Å². The monoisotopic (exact) mass is 397 g/mol. The lowest BCUT2D eigenvalue weighted by Crippen LogP contribution is -2.49. The lowest BCUT2D eigenvalue weighted by atomic mass is 10.2. The maximum Gasteiger partial charge on any atom is 0.276 e. The van der Waals surface area contributed by atoms with Gasteiger partial charge < -0.3 is 4.74 Å². The average molecular weight is 398 g/mol. The molecule has 9 heteroatoms. The Balaban J connectivity index is 1.76. The van der Waals surface area contributed by atoms with Crippen LogP contribution in [-0.4, -0.2) is 23.5 Å². The predicted octanol–water partition coefficient (Wildman–Crippen LogP) is 2.71. The highest BCUT2D eigenvalue weighted by molar-refractivity contribution is 7.80. The molecule has 0 atom stereocenters. The van der Waals surface area contributed by atoms with E-state index in [1.165, 1.54) is 18.2 Å². The number of thiocarbonyl (C=S) groups is 1. The second-order valence-corrected chi connectivity index (χ2v) is 6.00. The van der Waals surface area contributed by atoms with Crippen molar-refractivity contribution in [3.63, 3.8) is 0 Å². The number of hydrogen-bond donors (Lipinski definition) is 3. The van der Waals surface area contributed by atoms with Gasteiger partial charge in [-0.25, -0.2) is 0 Å². The Morgan fingerprint density at radius 2 is 1.64 bits per heavy atom. The van der Waals surface area contributed by atoms with Gasteiger partial charge in [-0.1, -0.05) is 41.4 Å². The maximum atomic E-state index is 12.0. The molecule has 25 heavy (non-hydrogen) atoms. The standard InChI is InChI=1S/C16H13Cl2N3O3S/c17-11-6-10(7-12(18)8-11)15(23)19-16(25)21-20-14(22)9-24-13-4-2-1-3-5-13/h1-8H,9H2,(H,20,22)(H2,19,21,23,25). The molecular formula is C16H13Cl2N3O3S. The van der Waals surface area contributed by atoms with Gasteiger partial charge in [-0.05, 0) is 42.5 Å². The Labute approximate surface area is 159 Å². The lowest BCUT2D eigenvalue weighted by Gasteiger charge is -2.11. The number of carbonyl (C=O) groups is 2. The number of hydrazine groups is 1. The molecule has 0 fully saturated rings. The third-order valence-corrected chi connectivity index (χ3v) is 3.42. The molecule has 0 spiro atoms. The SMILES string of the molecule is O=C(COc1ccccc1)NNC(=S)NC(=O)c1cc(Cl)cc(Cl)c1. The van der Waals surface area contributed by atoms with Gasteiger partial charge in [-0.15, -0.1) is 0 Å². The van der Waals surface area contributed by atoms with Crippen LogP contribution >= 0.6 is 35.4 Å². The van der Waals surface area contributed by atoms with Crippen molar-refractivity contribution in [3.05, 3.63) is 64.1 Å². The minimum absolute atomic E-state index is 0.0887. The normalized spacial score (nSPS) is 9.84. The van der Waals surface area contributed by atoms with Crippen LogP contribution in [0.1, 0.15) is 10.4 Å². The molecule has 0 unspecified atom stereocenters. The van der Waals surface area contributed by atoms with E-state index in [9.17, 15) is 9.59 Å². The minimum atomic E-state index is -0.517. The first-order chi connectivity index (χ1) is 11.9. The first-order valence-electron chi connectivity index (χ1n) is 6.98. The number of rotatable bonds is 4. The van der Waals surface area contributed by atoms with Gasteiger partial charge >= 0.3 is 0 Å². The van der Waals surface area contributed by atoms with Crippen LogP contribution < -0.4 is 20.9 Å². The maximum absolute atomic E-state index is 12.0. The highest BCUT2D eigenvalue weighted by Crippen LogP contribution is 2.18. The summed E-state index contributed by atoms with van der Waals surface area (Å²) in [5.74, 6) is -0.422. The van der Waals surface area contributed by atoms with Crippen LogP contribution in [0.5, 0.6) is 5.75 Å². The van der Waals surface area contributed by atoms with Crippen LogP contribution in [0, 0.1) is 0 Å². The Morgan fingerprint density at radius 1 is 1.00 bits per heavy atom. The quantitative estimate of drug-likeness (QED) is 0.545. The Bertz CT molecular complexity index is 767. The third-order valence-electron chi connectivity index (χ3n) is 2.78. The molecule has 2 aromatic rings. The minimum Gasteiger partial charge on any atom is -0.484 e. The summed E-state index contributed by atoms with van der Waals surface area (Å²) in [6, 6.07) is 13.3. The van der Waals surface area contributed by atoms with Gasteiger partial charge in [0.25, 0.3) is 11.8 Å². The van der Waals surface area contributed by atoms with E-state index in [0.29, 0.717) is 15.8 Å².